The molecular formula is C25H23FN4O4S. The summed E-state index contributed by atoms with van der Waals surface area (Å²) in [6, 6.07) is 12.0. The maximum Gasteiger partial charge on any atom is 0.414 e. The van der Waals surface area contributed by atoms with Gasteiger partial charge in [0.2, 0.25) is 5.91 Å². The van der Waals surface area contributed by atoms with Gasteiger partial charge in [0.15, 0.2) is 0 Å². The monoisotopic (exact) mass is 494 g/mol. The van der Waals surface area contributed by atoms with Crippen molar-refractivity contribution in [3.63, 3.8) is 0 Å². The third-order valence-corrected chi connectivity index (χ3v) is 7.84. The van der Waals surface area contributed by atoms with E-state index in [1.165, 1.54) is 23.9 Å². The van der Waals surface area contributed by atoms with Crippen molar-refractivity contribution in [2.75, 3.05) is 35.6 Å². The molecule has 2 atom stereocenters. The first-order chi connectivity index (χ1) is 17.0. The molecule has 3 aliphatic rings. The van der Waals surface area contributed by atoms with Crippen molar-refractivity contribution in [2.24, 2.45) is 0 Å². The molecule has 1 aromatic heterocycles. The summed E-state index contributed by atoms with van der Waals surface area (Å²) in [6.07, 6.45) is -0.0963. The van der Waals surface area contributed by atoms with Crippen LogP contribution in [-0.4, -0.2) is 48.1 Å². The van der Waals surface area contributed by atoms with Gasteiger partial charge in [-0.05, 0) is 54.8 Å². The number of nitrogens with zero attached hydrogens (tertiary/aromatic N) is 2. The molecule has 4 heterocycles. The number of ether oxygens (including phenoxy) is 1. The van der Waals surface area contributed by atoms with Gasteiger partial charge in [-0.1, -0.05) is 0 Å². The van der Waals surface area contributed by atoms with Crippen molar-refractivity contribution in [3.8, 4) is 0 Å². The van der Waals surface area contributed by atoms with Crippen LogP contribution in [0.25, 0.3) is 10.9 Å². The molecule has 6 rings (SSSR count). The smallest absolute Gasteiger partial charge is 0.414 e. The molecular weight excluding hydrogens is 471 g/mol. The second kappa shape index (κ2) is 8.69. The zero-order chi connectivity index (χ0) is 24.1. The van der Waals surface area contributed by atoms with Crippen molar-refractivity contribution >= 4 is 46.0 Å². The number of hydrogen-bond acceptors (Lipinski definition) is 6. The molecule has 0 aliphatic carbocycles. The van der Waals surface area contributed by atoms with E-state index in [0.717, 1.165) is 10.3 Å². The molecule has 0 radical (unpaired) electrons. The third kappa shape index (κ3) is 3.96. The first-order valence-electron chi connectivity index (χ1n) is 11.6. The van der Waals surface area contributed by atoms with Gasteiger partial charge in [-0.2, -0.15) is 0 Å². The molecule has 180 valence electrons. The van der Waals surface area contributed by atoms with Gasteiger partial charge in [0.25, 0.3) is 5.56 Å². The Labute approximate surface area is 204 Å². The average Bonchev–Trinajstić information content (AvgIpc) is 3.42. The van der Waals surface area contributed by atoms with Crippen LogP contribution in [0.1, 0.15) is 17.9 Å². The Morgan fingerprint density at radius 2 is 1.97 bits per heavy atom. The van der Waals surface area contributed by atoms with Gasteiger partial charge >= 0.3 is 6.09 Å². The topological polar surface area (TPSA) is 92.7 Å². The predicted molar refractivity (Wildman–Crippen MR) is 132 cm³/mol. The predicted octanol–water partition coefficient (Wildman–Crippen LogP) is 3.29. The Morgan fingerprint density at radius 3 is 2.86 bits per heavy atom. The molecule has 2 aromatic carbocycles. The van der Waals surface area contributed by atoms with Crippen LogP contribution in [0.3, 0.4) is 0 Å². The Kier molecular flexibility index (Phi) is 5.49. The van der Waals surface area contributed by atoms with Crippen LogP contribution in [0.4, 0.5) is 20.6 Å². The minimum Gasteiger partial charge on any atom is -0.443 e. The SMILES string of the molecule is O=C1CSc2ccc(N3C[C@H](CNCC[C@@H]4Cn5c(=O)ccc6ccc(F)c4c65)OC3=O)cc2N1. The number of thioether (sulfide) groups is 1. The summed E-state index contributed by atoms with van der Waals surface area (Å²) in [5, 5.41) is 7.03. The second-order valence-electron chi connectivity index (χ2n) is 9.00. The largest absolute Gasteiger partial charge is 0.443 e. The zero-order valence-corrected chi connectivity index (χ0v) is 19.6. The average molecular weight is 495 g/mol. The fourth-order valence-electron chi connectivity index (χ4n) is 5.13. The number of pyridine rings is 1. The lowest BCUT2D eigenvalue weighted by Crippen LogP contribution is -2.32. The van der Waals surface area contributed by atoms with Gasteiger partial charge in [-0.25, -0.2) is 9.18 Å². The molecule has 1 saturated heterocycles. The highest BCUT2D eigenvalue weighted by molar-refractivity contribution is 8.00. The van der Waals surface area contributed by atoms with Crippen molar-refractivity contribution < 1.29 is 18.7 Å². The number of halogens is 1. The van der Waals surface area contributed by atoms with Gasteiger partial charge in [-0.3, -0.25) is 14.5 Å². The third-order valence-electron chi connectivity index (χ3n) is 6.77. The number of rotatable bonds is 6. The zero-order valence-electron chi connectivity index (χ0n) is 18.8. The van der Waals surface area contributed by atoms with E-state index in [2.05, 4.69) is 10.6 Å². The number of anilines is 2. The van der Waals surface area contributed by atoms with Crippen LogP contribution >= 0.6 is 11.8 Å². The summed E-state index contributed by atoms with van der Waals surface area (Å²) in [6.45, 7) is 1.92. The molecule has 3 aliphatic heterocycles. The Balaban J connectivity index is 1.06. The Hall–Kier alpha value is -3.37. The fourth-order valence-corrected chi connectivity index (χ4v) is 5.92. The molecule has 10 heteroatoms. The number of carbonyl (C=O) groups excluding carboxylic acids is 2. The molecule has 2 N–H and O–H groups in total. The van der Waals surface area contributed by atoms with E-state index in [1.54, 1.807) is 27.7 Å². The summed E-state index contributed by atoms with van der Waals surface area (Å²) in [5.74, 6) is -0.0407. The van der Waals surface area contributed by atoms with Crippen molar-refractivity contribution in [2.45, 2.75) is 29.9 Å². The van der Waals surface area contributed by atoms with Crippen LogP contribution < -0.4 is 21.1 Å². The highest BCUT2D eigenvalue weighted by atomic mass is 32.2. The molecule has 2 amide bonds. The van der Waals surface area contributed by atoms with E-state index in [4.69, 9.17) is 4.74 Å². The molecule has 0 spiro atoms. The van der Waals surface area contributed by atoms with Gasteiger partial charge in [-0.15, -0.1) is 11.8 Å². The lowest BCUT2D eigenvalue weighted by atomic mass is 9.96. The molecule has 1 fully saturated rings. The van der Waals surface area contributed by atoms with Gasteiger partial charge in [0.05, 0.1) is 23.5 Å². The van der Waals surface area contributed by atoms with Crippen molar-refractivity contribution in [1.29, 1.82) is 0 Å². The molecule has 3 aromatic rings. The minimum absolute atomic E-state index is 0.0583. The number of nitrogens with one attached hydrogen (secondary N) is 2. The molecule has 8 nitrogen and oxygen atoms in total. The van der Waals surface area contributed by atoms with E-state index in [0.29, 0.717) is 60.8 Å². The quantitative estimate of drug-likeness (QED) is 0.511. The van der Waals surface area contributed by atoms with E-state index in [-0.39, 0.29) is 29.3 Å². The van der Waals surface area contributed by atoms with E-state index in [9.17, 15) is 18.8 Å². The summed E-state index contributed by atoms with van der Waals surface area (Å²) >= 11 is 1.47. The van der Waals surface area contributed by atoms with Crippen LogP contribution in [0, 0.1) is 5.82 Å². The maximum absolute atomic E-state index is 14.6. The Morgan fingerprint density at radius 1 is 1.11 bits per heavy atom. The lowest BCUT2D eigenvalue weighted by molar-refractivity contribution is -0.113. The van der Waals surface area contributed by atoms with Crippen molar-refractivity contribution in [1.82, 2.24) is 9.88 Å². The molecule has 0 unspecified atom stereocenters. The number of carbonyl (C=O) groups is 2. The van der Waals surface area contributed by atoms with Crippen LogP contribution in [-0.2, 0) is 16.1 Å². The van der Waals surface area contributed by atoms with Crippen LogP contribution in [0.5, 0.6) is 0 Å². The second-order valence-corrected chi connectivity index (χ2v) is 10.0. The standard InChI is InChI=1S/C25H23FN4O4S/c26-18-4-1-14-2-6-22(32)30-11-15(23(18)24(14)30)7-8-27-10-17-12-29(25(33)34-17)16-3-5-20-19(9-16)28-21(31)13-35-20/h1-6,9,15,17,27H,7-8,10-13H2,(H,28,31)/t15-,17+/m1/s1. The van der Waals surface area contributed by atoms with Gasteiger partial charge in [0, 0.05) is 41.2 Å². The highest BCUT2D eigenvalue weighted by Crippen LogP contribution is 2.37. The number of aromatic nitrogens is 1. The van der Waals surface area contributed by atoms with Crippen LogP contribution in [0.2, 0.25) is 0 Å². The number of hydrogen-bond donors (Lipinski definition) is 2. The first-order valence-corrected chi connectivity index (χ1v) is 12.5. The molecule has 35 heavy (non-hydrogen) atoms. The van der Waals surface area contributed by atoms with E-state index in [1.807, 2.05) is 12.1 Å². The highest BCUT2D eigenvalue weighted by Gasteiger charge is 2.33. The van der Waals surface area contributed by atoms with Crippen LogP contribution in [0.15, 0.2) is 52.2 Å². The minimum atomic E-state index is -0.425. The van der Waals surface area contributed by atoms with E-state index >= 15 is 0 Å². The lowest BCUT2D eigenvalue weighted by Gasteiger charge is -2.20. The van der Waals surface area contributed by atoms with Gasteiger partial charge < -0.3 is 19.9 Å². The van der Waals surface area contributed by atoms with E-state index < -0.39 is 6.09 Å². The normalized spacial score (nSPS) is 20.8. The number of fused-ring (bicyclic) bond motifs is 1. The molecule has 0 bridgehead atoms. The summed E-state index contributed by atoms with van der Waals surface area (Å²) in [5.41, 5.74) is 2.58. The first kappa shape index (κ1) is 22.1. The number of amides is 2. The van der Waals surface area contributed by atoms with Gasteiger partial charge in [0.1, 0.15) is 11.9 Å². The maximum atomic E-state index is 14.6. The fraction of sp³-hybridized carbons (Fsp3) is 0.320. The Bertz CT molecular complexity index is 1420. The summed E-state index contributed by atoms with van der Waals surface area (Å²) < 4.78 is 21.8. The molecule has 0 saturated carbocycles. The van der Waals surface area contributed by atoms with Crippen molar-refractivity contribution in [3.05, 3.63) is 64.2 Å². The number of cyclic esters (lactones) is 1. The summed E-state index contributed by atoms with van der Waals surface area (Å²) in [7, 11) is 0. The number of benzene rings is 2. The summed E-state index contributed by atoms with van der Waals surface area (Å²) in [4.78, 5) is 39.0.